The number of hydrogen-bond acceptors (Lipinski definition) is 4. The van der Waals surface area contributed by atoms with Crippen LogP contribution in [0.1, 0.15) is 5.56 Å². The number of hydrogen-bond donors (Lipinski definition) is 1. The van der Waals surface area contributed by atoms with Crippen LogP contribution in [-0.4, -0.2) is 21.2 Å². The van der Waals surface area contributed by atoms with Crippen molar-refractivity contribution in [1.82, 2.24) is 9.55 Å². The van der Waals surface area contributed by atoms with Gasteiger partial charge in [0, 0.05) is 11.8 Å². The summed E-state index contributed by atoms with van der Waals surface area (Å²) >= 11 is 1.08. The van der Waals surface area contributed by atoms with E-state index in [1.54, 1.807) is 24.3 Å². The standard InChI is InChI=1S/C23H17F2N3O2S/c1-14-6-9-16(10-7-14)28-22(30)17-4-2-3-5-20(17)27-23(28)31-13-21(29)26-15-8-11-18(24)19(25)12-15/h2-12H,13H2,1H3,(H,26,29). The van der Waals surface area contributed by atoms with E-state index >= 15 is 0 Å². The topological polar surface area (TPSA) is 64.0 Å². The number of halogens is 2. The number of nitrogens with zero attached hydrogens (tertiary/aromatic N) is 2. The first-order valence-electron chi connectivity index (χ1n) is 9.39. The first kappa shape index (κ1) is 20.7. The van der Waals surface area contributed by atoms with Crippen molar-refractivity contribution in [1.29, 1.82) is 0 Å². The van der Waals surface area contributed by atoms with Gasteiger partial charge in [-0.05, 0) is 43.3 Å². The summed E-state index contributed by atoms with van der Waals surface area (Å²) in [7, 11) is 0. The third kappa shape index (κ3) is 4.49. The fourth-order valence-corrected chi connectivity index (χ4v) is 3.84. The van der Waals surface area contributed by atoms with Crippen LogP contribution in [-0.2, 0) is 4.79 Å². The molecule has 0 spiro atoms. The van der Waals surface area contributed by atoms with Crippen LogP contribution in [0.5, 0.6) is 0 Å². The lowest BCUT2D eigenvalue weighted by Crippen LogP contribution is -2.23. The summed E-state index contributed by atoms with van der Waals surface area (Å²) in [5, 5.41) is 3.34. The molecular formula is C23H17F2N3O2S. The predicted molar refractivity (Wildman–Crippen MR) is 118 cm³/mol. The summed E-state index contributed by atoms with van der Waals surface area (Å²) in [5.74, 6) is -2.55. The van der Waals surface area contributed by atoms with E-state index in [-0.39, 0.29) is 17.0 Å². The molecule has 1 aromatic heterocycles. The molecule has 31 heavy (non-hydrogen) atoms. The Hall–Kier alpha value is -3.52. The maximum Gasteiger partial charge on any atom is 0.266 e. The van der Waals surface area contributed by atoms with E-state index in [1.165, 1.54) is 10.6 Å². The van der Waals surface area contributed by atoms with E-state index in [1.807, 2.05) is 31.2 Å². The number of carbonyl (C=O) groups excluding carboxylic acids is 1. The van der Waals surface area contributed by atoms with Crippen LogP contribution in [0.25, 0.3) is 16.6 Å². The monoisotopic (exact) mass is 437 g/mol. The largest absolute Gasteiger partial charge is 0.325 e. The predicted octanol–water partition coefficient (Wildman–Crippen LogP) is 4.70. The first-order chi connectivity index (χ1) is 14.9. The van der Waals surface area contributed by atoms with Crippen molar-refractivity contribution in [3.63, 3.8) is 0 Å². The molecule has 0 unspecified atom stereocenters. The number of anilines is 1. The van der Waals surface area contributed by atoms with Crippen molar-refractivity contribution in [3.05, 3.63) is 94.3 Å². The molecule has 0 fully saturated rings. The number of aryl methyl sites for hydroxylation is 1. The minimum Gasteiger partial charge on any atom is -0.325 e. The SMILES string of the molecule is Cc1ccc(-n2c(SCC(=O)Nc3ccc(F)c(F)c3)nc3ccccc3c2=O)cc1. The number of thioether (sulfide) groups is 1. The molecule has 4 aromatic rings. The summed E-state index contributed by atoms with van der Waals surface area (Å²) in [4.78, 5) is 30.1. The summed E-state index contributed by atoms with van der Waals surface area (Å²) in [6.45, 7) is 1.95. The molecule has 1 N–H and O–H groups in total. The number of amides is 1. The highest BCUT2D eigenvalue weighted by molar-refractivity contribution is 7.99. The molecule has 0 saturated carbocycles. The van der Waals surface area contributed by atoms with Gasteiger partial charge in [0.2, 0.25) is 5.91 Å². The Morgan fingerprint density at radius 3 is 2.52 bits per heavy atom. The molecule has 0 aliphatic carbocycles. The van der Waals surface area contributed by atoms with Gasteiger partial charge in [0.25, 0.3) is 5.56 Å². The Kier molecular flexibility index (Phi) is 5.81. The number of carbonyl (C=O) groups is 1. The van der Waals surface area contributed by atoms with Gasteiger partial charge >= 0.3 is 0 Å². The summed E-state index contributed by atoms with van der Waals surface area (Å²) in [5.41, 5.74) is 2.12. The number of rotatable bonds is 5. The number of para-hydroxylation sites is 1. The number of fused-ring (bicyclic) bond motifs is 1. The number of nitrogens with one attached hydrogen (secondary N) is 1. The van der Waals surface area contributed by atoms with Crippen molar-refractivity contribution >= 4 is 34.3 Å². The first-order valence-corrected chi connectivity index (χ1v) is 10.4. The third-order valence-corrected chi connectivity index (χ3v) is 5.51. The quantitative estimate of drug-likeness (QED) is 0.363. The Labute approximate surface area is 180 Å². The minimum absolute atomic E-state index is 0.0738. The molecular weight excluding hydrogens is 420 g/mol. The molecule has 4 rings (SSSR count). The van der Waals surface area contributed by atoms with Gasteiger partial charge in [0.1, 0.15) is 0 Å². The van der Waals surface area contributed by atoms with E-state index in [2.05, 4.69) is 10.3 Å². The minimum atomic E-state index is -1.05. The Morgan fingerprint density at radius 2 is 1.77 bits per heavy atom. The lowest BCUT2D eigenvalue weighted by molar-refractivity contribution is -0.113. The molecule has 0 radical (unpaired) electrons. The lowest BCUT2D eigenvalue weighted by Gasteiger charge is -2.13. The van der Waals surface area contributed by atoms with Gasteiger partial charge in [-0.3, -0.25) is 14.2 Å². The van der Waals surface area contributed by atoms with Crippen molar-refractivity contribution in [3.8, 4) is 5.69 Å². The van der Waals surface area contributed by atoms with Gasteiger partial charge in [0.05, 0.1) is 22.3 Å². The van der Waals surface area contributed by atoms with Crippen molar-refractivity contribution in [2.24, 2.45) is 0 Å². The van der Waals surface area contributed by atoms with Gasteiger partial charge in [0.15, 0.2) is 16.8 Å². The molecule has 156 valence electrons. The molecule has 1 amide bonds. The number of benzene rings is 3. The molecule has 3 aromatic carbocycles. The van der Waals surface area contributed by atoms with E-state index < -0.39 is 17.5 Å². The maximum atomic E-state index is 13.4. The van der Waals surface area contributed by atoms with Gasteiger partial charge in [-0.1, -0.05) is 41.6 Å². The van der Waals surface area contributed by atoms with Gasteiger partial charge in [-0.25, -0.2) is 13.8 Å². The molecule has 0 saturated heterocycles. The Morgan fingerprint density at radius 1 is 1.03 bits per heavy atom. The van der Waals surface area contributed by atoms with E-state index in [4.69, 9.17) is 0 Å². The molecule has 0 aliphatic heterocycles. The molecule has 0 atom stereocenters. The highest BCUT2D eigenvalue weighted by Crippen LogP contribution is 2.22. The average Bonchev–Trinajstić information content (AvgIpc) is 2.76. The van der Waals surface area contributed by atoms with Crippen LogP contribution in [0, 0.1) is 18.6 Å². The average molecular weight is 437 g/mol. The maximum absolute atomic E-state index is 13.4. The third-order valence-electron chi connectivity index (χ3n) is 4.57. The fourth-order valence-electron chi connectivity index (χ4n) is 3.03. The highest BCUT2D eigenvalue weighted by atomic mass is 32.2. The zero-order valence-electron chi connectivity index (χ0n) is 16.4. The molecule has 5 nitrogen and oxygen atoms in total. The van der Waals surface area contributed by atoms with Crippen molar-refractivity contribution in [2.45, 2.75) is 12.1 Å². The Balaban J connectivity index is 1.65. The second kappa shape index (κ2) is 8.69. The zero-order chi connectivity index (χ0) is 22.0. The summed E-state index contributed by atoms with van der Waals surface area (Å²) in [6.07, 6.45) is 0. The fraction of sp³-hybridized carbons (Fsp3) is 0.0870. The van der Waals surface area contributed by atoms with Crippen LogP contribution in [0.3, 0.4) is 0 Å². The van der Waals surface area contributed by atoms with Crippen molar-refractivity contribution in [2.75, 3.05) is 11.1 Å². The van der Waals surface area contributed by atoms with Crippen LogP contribution in [0.2, 0.25) is 0 Å². The lowest BCUT2D eigenvalue weighted by atomic mass is 10.2. The van der Waals surface area contributed by atoms with Crippen LogP contribution in [0.4, 0.5) is 14.5 Å². The summed E-state index contributed by atoms with van der Waals surface area (Å²) < 4.78 is 27.9. The van der Waals surface area contributed by atoms with E-state index in [9.17, 15) is 18.4 Å². The van der Waals surface area contributed by atoms with Crippen LogP contribution >= 0.6 is 11.8 Å². The Bertz CT molecular complexity index is 1340. The highest BCUT2D eigenvalue weighted by Gasteiger charge is 2.15. The van der Waals surface area contributed by atoms with Crippen molar-refractivity contribution < 1.29 is 13.6 Å². The zero-order valence-corrected chi connectivity index (χ0v) is 17.2. The van der Waals surface area contributed by atoms with Gasteiger partial charge in [-0.15, -0.1) is 0 Å². The number of aromatic nitrogens is 2. The normalized spacial score (nSPS) is 10.9. The van der Waals surface area contributed by atoms with E-state index in [0.29, 0.717) is 21.7 Å². The van der Waals surface area contributed by atoms with Crippen LogP contribution in [0.15, 0.2) is 76.7 Å². The van der Waals surface area contributed by atoms with E-state index in [0.717, 1.165) is 29.5 Å². The second-order valence-corrected chi connectivity index (χ2v) is 7.80. The molecule has 1 heterocycles. The smallest absolute Gasteiger partial charge is 0.266 e. The summed E-state index contributed by atoms with van der Waals surface area (Å²) in [6, 6.07) is 17.5. The van der Waals surface area contributed by atoms with Gasteiger partial charge < -0.3 is 5.32 Å². The van der Waals surface area contributed by atoms with Gasteiger partial charge in [-0.2, -0.15) is 0 Å². The molecule has 8 heteroatoms. The van der Waals surface area contributed by atoms with Crippen LogP contribution < -0.4 is 10.9 Å². The molecule has 0 aliphatic rings. The second-order valence-electron chi connectivity index (χ2n) is 6.85. The molecule has 0 bridgehead atoms.